The van der Waals surface area contributed by atoms with Crippen LogP contribution >= 0.6 is 0 Å². The molecule has 2 rings (SSSR count). The van der Waals surface area contributed by atoms with Crippen LogP contribution < -0.4 is 5.32 Å². The molecule has 1 aromatic rings. The third kappa shape index (κ3) is 2.95. The molecule has 1 fully saturated rings. The zero-order valence-corrected chi connectivity index (χ0v) is 12.5. The fourth-order valence-corrected chi connectivity index (χ4v) is 3.07. The minimum Gasteiger partial charge on any atom is -0.314 e. The van der Waals surface area contributed by atoms with Crippen LogP contribution in [-0.4, -0.2) is 12.6 Å². The molecular weight excluding hydrogens is 218 g/mol. The van der Waals surface area contributed by atoms with Crippen LogP contribution in [0, 0.1) is 25.2 Å². The molecule has 1 aromatic carbocycles. The number of rotatable bonds is 5. The van der Waals surface area contributed by atoms with Gasteiger partial charge in [-0.2, -0.15) is 0 Å². The summed E-state index contributed by atoms with van der Waals surface area (Å²) in [7, 11) is 0. The van der Waals surface area contributed by atoms with Gasteiger partial charge in [0.2, 0.25) is 0 Å². The van der Waals surface area contributed by atoms with E-state index in [1.807, 2.05) is 0 Å². The average molecular weight is 245 g/mol. The van der Waals surface area contributed by atoms with Gasteiger partial charge < -0.3 is 5.32 Å². The molecule has 1 saturated carbocycles. The summed E-state index contributed by atoms with van der Waals surface area (Å²) >= 11 is 0. The Balaban J connectivity index is 2.11. The molecule has 0 saturated heterocycles. The first-order valence-electron chi connectivity index (χ1n) is 7.23. The Bertz CT molecular complexity index is 420. The minimum atomic E-state index is 0.546. The number of benzene rings is 1. The van der Waals surface area contributed by atoms with Gasteiger partial charge in [-0.3, -0.25) is 0 Å². The van der Waals surface area contributed by atoms with Crippen LogP contribution in [0.15, 0.2) is 18.2 Å². The monoisotopic (exact) mass is 245 g/mol. The van der Waals surface area contributed by atoms with Crippen molar-refractivity contribution in [1.29, 1.82) is 0 Å². The Labute approximate surface area is 112 Å². The second-order valence-corrected chi connectivity index (χ2v) is 6.60. The molecule has 1 aliphatic rings. The highest BCUT2D eigenvalue weighted by molar-refractivity contribution is 5.31. The first-order valence-corrected chi connectivity index (χ1v) is 7.23. The predicted octanol–water partition coefficient (Wildman–Crippen LogP) is 3.87. The molecule has 0 radical (unpaired) electrons. The summed E-state index contributed by atoms with van der Waals surface area (Å²) in [6, 6.07) is 7.47. The molecule has 0 bridgehead atoms. The summed E-state index contributed by atoms with van der Waals surface area (Å²) < 4.78 is 0. The maximum atomic E-state index is 3.70. The van der Waals surface area contributed by atoms with Crippen molar-refractivity contribution in [3.63, 3.8) is 0 Å². The van der Waals surface area contributed by atoms with Gasteiger partial charge in [-0.25, -0.2) is 0 Å². The van der Waals surface area contributed by atoms with Crippen molar-refractivity contribution < 1.29 is 0 Å². The lowest BCUT2D eigenvalue weighted by Gasteiger charge is -2.21. The molecular formula is C17H27N. The van der Waals surface area contributed by atoms with Crippen molar-refractivity contribution in [3.05, 3.63) is 34.9 Å². The topological polar surface area (TPSA) is 12.0 Å². The number of likely N-dealkylation sites (N-methyl/N-ethyl adjacent to an activating group) is 1. The highest BCUT2D eigenvalue weighted by atomic mass is 14.9. The second-order valence-electron chi connectivity index (χ2n) is 6.60. The Kier molecular flexibility index (Phi) is 3.82. The Hall–Kier alpha value is -0.820. The van der Waals surface area contributed by atoms with E-state index in [1.165, 1.54) is 29.5 Å². The molecule has 100 valence electrons. The third-order valence-corrected chi connectivity index (χ3v) is 4.49. The van der Waals surface area contributed by atoms with Crippen molar-refractivity contribution in [2.24, 2.45) is 11.3 Å². The van der Waals surface area contributed by atoms with Crippen molar-refractivity contribution in [1.82, 2.24) is 5.32 Å². The summed E-state index contributed by atoms with van der Waals surface area (Å²) in [5.41, 5.74) is 4.87. The SMILES string of the molecule is CCNC(Cc1cc(C)ccc1C)C1CC1(C)C. The van der Waals surface area contributed by atoms with Gasteiger partial charge in [0.25, 0.3) is 0 Å². The Morgan fingerprint density at radius 1 is 1.33 bits per heavy atom. The van der Waals surface area contributed by atoms with Crippen LogP contribution in [-0.2, 0) is 6.42 Å². The lowest BCUT2D eigenvalue weighted by molar-refractivity contribution is 0.409. The lowest BCUT2D eigenvalue weighted by Crippen LogP contribution is -2.34. The van der Waals surface area contributed by atoms with E-state index in [9.17, 15) is 0 Å². The summed E-state index contributed by atoms with van der Waals surface area (Å²) in [6.45, 7) is 12.5. The predicted molar refractivity (Wildman–Crippen MR) is 79.0 cm³/mol. The van der Waals surface area contributed by atoms with Crippen LogP contribution in [0.1, 0.15) is 43.9 Å². The quantitative estimate of drug-likeness (QED) is 0.830. The summed E-state index contributed by atoms with van der Waals surface area (Å²) in [5, 5.41) is 3.70. The highest BCUT2D eigenvalue weighted by Gasteiger charge is 2.49. The Morgan fingerprint density at radius 2 is 2.00 bits per heavy atom. The normalized spacial score (nSPS) is 22.8. The van der Waals surface area contributed by atoms with E-state index < -0.39 is 0 Å². The molecule has 2 atom stereocenters. The fourth-order valence-electron chi connectivity index (χ4n) is 3.07. The molecule has 1 aliphatic carbocycles. The van der Waals surface area contributed by atoms with E-state index in [0.717, 1.165) is 12.5 Å². The van der Waals surface area contributed by atoms with Crippen LogP contribution in [0.25, 0.3) is 0 Å². The van der Waals surface area contributed by atoms with Gasteiger partial charge in [0, 0.05) is 6.04 Å². The molecule has 1 N–H and O–H groups in total. The number of hydrogen-bond donors (Lipinski definition) is 1. The van der Waals surface area contributed by atoms with Crippen molar-refractivity contribution in [2.45, 2.75) is 53.5 Å². The number of nitrogens with one attached hydrogen (secondary N) is 1. The lowest BCUT2D eigenvalue weighted by atomic mass is 9.94. The second kappa shape index (κ2) is 5.05. The maximum Gasteiger partial charge on any atom is 0.0141 e. The standard InChI is InChI=1S/C17H27N/c1-6-18-16(15-11-17(15,4)5)10-14-9-12(2)7-8-13(14)3/h7-9,15-16,18H,6,10-11H2,1-5H3. The summed E-state index contributed by atoms with van der Waals surface area (Å²) in [4.78, 5) is 0. The first-order chi connectivity index (χ1) is 8.44. The van der Waals surface area contributed by atoms with Gasteiger partial charge in [-0.1, -0.05) is 44.5 Å². The van der Waals surface area contributed by atoms with E-state index >= 15 is 0 Å². The van der Waals surface area contributed by atoms with E-state index in [1.54, 1.807) is 0 Å². The third-order valence-electron chi connectivity index (χ3n) is 4.49. The van der Waals surface area contributed by atoms with Crippen molar-refractivity contribution in [3.8, 4) is 0 Å². The largest absolute Gasteiger partial charge is 0.314 e. The van der Waals surface area contributed by atoms with Crippen LogP contribution in [0.5, 0.6) is 0 Å². The molecule has 0 aromatic heterocycles. The van der Waals surface area contributed by atoms with Gasteiger partial charge in [0.1, 0.15) is 0 Å². The molecule has 0 heterocycles. The van der Waals surface area contributed by atoms with Gasteiger partial charge in [0.05, 0.1) is 0 Å². The zero-order chi connectivity index (χ0) is 13.3. The van der Waals surface area contributed by atoms with E-state index in [4.69, 9.17) is 0 Å². The molecule has 18 heavy (non-hydrogen) atoms. The summed E-state index contributed by atoms with van der Waals surface area (Å²) in [5.74, 6) is 0.845. The van der Waals surface area contributed by atoms with Crippen LogP contribution in [0.4, 0.5) is 0 Å². The van der Waals surface area contributed by atoms with E-state index in [0.29, 0.717) is 11.5 Å². The van der Waals surface area contributed by atoms with E-state index in [-0.39, 0.29) is 0 Å². The minimum absolute atomic E-state index is 0.546. The van der Waals surface area contributed by atoms with Gasteiger partial charge in [0.15, 0.2) is 0 Å². The molecule has 0 amide bonds. The molecule has 0 aliphatic heterocycles. The molecule has 0 spiro atoms. The zero-order valence-electron chi connectivity index (χ0n) is 12.5. The highest BCUT2D eigenvalue weighted by Crippen LogP contribution is 2.54. The smallest absolute Gasteiger partial charge is 0.0141 e. The van der Waals surface area contributed by atoms with Gasteiger partial charge in [-0.05, 0) is 55.7 Å². The molecule has 1 nitrogen and oxygen atoms in total. The maximum absolute atomic E-state index is 3.70. The van der Waals surface area contributed by atoms with Crippen LogP contribution in [0.2, 0.25) is 0 Å². The van der Waals surface area contributed by atoms with Crippen molar-refractivity contribution >= 4 is 0 Å². The average Bonchev–Trinajstić information content (AvgIpc) is 2.92. The fraction of sp³-hybridized carbons (Fsp3) is 0.647. The van der Waals surface area contributed by atoms with Gasteiger partial charge >= 0.3 is 0 Å². The Morgan fingerprint density at radius 3 is 2.56 bits per heavy atom. The van der Waals surface area contributed by atoms with Gasteiger partial charge in [-0.15, -0.1) is 0 Å². The number of aryl methyl sites for hydroxylation is 2. The first kappa shape index (κ1) is 13.6. The summed E-state index contributed by atoms with van der Waals surface area (Å²) in [6.07, 6.45) is 2.55. The van der Waals surface area contributed by atoms with E-state index in [2.05, 4.69) is 58.1 Å². The van der Waals surface area contributed by atoms with Crippen molar-refractivity contribution in [2.75, 3.05) is 6.54 Å². The number of hydrogen-bond acceptors (Lipinski definition) is 1. The van der Waals surface area contributed by atoms with Crippen LogP contribution in [0.3, 0.4) is 0 Å². The molecule has 2 unspecified atom stereocenters. The molecule has 1 heteroatoms.